The van der Waals surface area contributed by atoms with Gasteiger partial charge < -0.3 is 11.5 Å². The van der Waals surface area contributed by atoms with Crippen LogP contribution in [0, 0.1) is 11.3 Å². The van der Waals surface area contributed by atoms with Crippen molar-refractivity contribution < 1.29 is 0 Å². The third-order valence-electron chi connectivity index (χ3n) is 1.97. The molecule has 3 heteroatoms. The Bertz CT molecular complexity index is 121. The third-order valence-corrected chi connectivity index (χ3v) is 1.97. The second-order valence-corrected chi connectivity index (χ2v) is 2.66. The van der Waals surface area contributed by atoms with E-state index in [2.05, 4.69) is 0 Å². The number of rotatable bonds is 1. The second-order valence-electron chi connectivity index (χ2n) is 2.66. The van der Waals surface area contributed by atoms with Crippen LogP contribution >= 0.6 is 0 Å². The molecule has 1 aliphatic carbocycles. The van der Waals surface area contributed by atoms with Gasteiger partial charge in [0.05, 0.1) is 5.84 Å². The van der Waals surface area contributed by atoms with Crippen LogP contribution in [0.25, 0.3) is 0 Å². The summed E-state index contributed by atoms with van der Waals surface area (Å²) in [4.78, 5) is 0. The first-order chi connectivity index (χ1) is 4.22. The maximum absolute atomic E-state index is 7.12. The molecule has 52 valence electrons. The topological polar surface area (TPSA) is 75.9 Å². The van der Waals surface area contributed by atoms with Gasteiger partial charge >= 0.3 is 0 Å². The molecule has 5 N–H and O–H groups in total. The molecule has 0 aromatic rings. The van der Waals surface area contributed by atoms with E-state index >= 15 is 0 Å². The lowest BCUT2D eigenvalue weighted by molar-refractivity contribution is 0.606. The van der Waals surface area contributed by atoms with E-state index in [0.717, 1.165) is 19.3 Å². The highest BCUT2D eigenvalue weighted by atomic mass is 14.8. The van der Waals surface area contributed by atoms with E-state index in [1.54, 1.807) is 0 Å². The summed E-state index contributed by atoms with van der Waals surface area (Å²) >= 11 is 0. The Morgan fingerprint density at radius 2 is 2.11 bits per heavy atom. The summed E-state index contributed by atoms with van der Waals surface area (Å²) in [5, 5.41) is 7.12. The van der Waals surface area contributed by atoms with Crippen LogP contribution in [0.1, 0.15) is 19.3 Å². The minimum atomic E-state index is 0.155. The summed E-state index contributed by atoms with van der Waals surface area (Å²) in [6.07, 6.45) is 3.17. The molecule has 0 radical (unpaired) electrons. The van der Waals surface area contributed by atoms with Gasteiger partial charge in [0.15, 0.2) is 0 Å². The zero-order chi connectivity index (χ0) is 6.85. The van der Waals surface area contributed by atoms with Crippen LogP contribution in [0.5, 0.6) is 0 Å². The van der Waals surface area contributed by atoms with Gasteiger partial charge in [-0.2, -0.15) is 0 Å². The Kier molecular flexibility index (Phi) is 1.71. The number of hydrogen-bond donors (Lipinski definition) is 3. The highest BCUT2D eigenvalue weighted by molar-refractivity contribution is 5.80. The monoisotopic (exact) mass is 127 g/mol. The summed E-state index contributed by atoms with van der Waals surface area (Å²) in [5.74, 6) is 0.435. The van der Waals surface area contributed by atoms with E-state index in [9.17, 15) is 0 Å². The van der Waals surface area contributed by atoms with Crippen LogP contribution in [0.2, 0.25) is 0 Å². The first-order valence-electron chi connectivity index (χ1n) is 3.31. The lowest BCUT2D eigenvalue weighted by Crippen LogP contribution is -2.34. The Morgan fingerprint density at radius 1 is 1.44 bits per heavy atom. The average Bonchev–Trinajstić information content (AvgIpc) is 2.13. The molecule has 0 aliphatic heterocycles. The van der Waals surface area contributed by atoms with Gasteiger partial charge in [0.25, 0.3) is 0 Å². The smallest absolute Gasteiger partial charge is 0.0952 e. The zero-order valence-electron chi connectivity index (χ0n) is 5.43. The second kappa shape index (κ2) is 2.35. The number of nitrogens with two attached hydrogens (primary N) is 2. The summed E-state index contributed by atoms with van der Waals surface area (Å²) < 4.78 is 0. The summed E-state index contributed by atoms with van der Waals surface area (Å²) in [6, 6.07) is 0.155. The van der Waals surface area contributed by atoms with Crippen molar-refractivity contribution in [2.24, 2.45) is 17.4 Å². The molecular weight excluding hydrogens is 114 g/mol. The molecule has 1 saturated carbocycles. The largest absolute Gasteiger partial charge is 0.387 e. The Hall–Kier alpha value is -0.570. The van der Waals surface area contributed by atoms with E-state index in [-0.39, 0.29) is 17.8 Å². The number of amidine groups is 1. The molecule has 0 aromatic carbocycles. The molecule has 1 fully saturated rings. The van der Waals surface area contributed by atoms with Crippen LogP contribution in [0.3, 0.4) is 0 Å². The fraction of sp³-hybridized carbons (Fsp3) is 0.833. The van der Waals surface area contributed by atoms with Crippen molar-refractivity contribution in [2.75, 3.05) is 0 Å². The van der Waals surface area contributed by atoms with Gasteiger partial charge in [-0.3, -0.25) is 5.41 Å². The van der Waals surface area contributed by atoms with E-state index in [1.807, 2.05) is 0 Å². The van der Waals surface area contributed by atoms with E-state index < -0.39 is 0 Å². The first-order valence-corrected chi connectivity index (χ1v) is 3.31. The zero-order valence-corrected chi connectivity index (χ0v) is 5.43. The molecule has 0 bridgehead atoms. The van der Waals surface area contributed by atoms with Crippen molar-refractivity contribution in [1.29, 1.82) is 5.41 Å². The lowest BCUT2D eigenvalue weighted by atomic mass is 10.0. The fourth-order valence-electron chi connectivity index (χ4n) is 1.37. The average molecular weight is 127 g/mol. The van der Waals surface area contributed by atoms with Crippen molar-refractivity contribution >= 4 is 5.84 Å². The molecule has 1 rings (SSSR count). The predicted octanol–water partition coefficient (Wildman–Crippen LogP) is 0.0498. The fourth-order valence-corrected chi connectivity index (χ4v) is 1.37. The molecule has 0 aromatic heterocycles. The van der Waals surface area contributed by atoms with E-state index in [1.165, 1.54) is 0 Å². The molecule has 0 amide bonds. The van der Waals surface area contributed by atoms with Crippen molar-refractivity contribution in [1.82, 2.24) is 0 Å². The third kappa shape index (κ3) is 1.21. The molecule has 9 heavy (non-hydrogen) atoms. The van der Waals surface area contributed by atoms with E-state index in [0.29, 0.717) is 0 Å². The van der Waals surface area contributed by atoms with Crippen LogP contribution in [0.4, 0.5) is 0 Å². The molecule has 0 saturated heterocycles. The maximum Gasteiger partial charge on any atom is 0.0952 e. The molecule has 0 heterocycles. The van der Waals surface area contributed by atoms with Crippen molar-refractivity contribution in [3.8, 4) is 0 Å². The van der Waals surface area contributed by atoms with Crippen molar-refractivity contribution in [2.45, 2.75) is 25.3 Å². The van der Waals surface area contributed by atoms with Crippen LogP contribution in [-0.2, 0) is 0 Å². The Morgan fingerprint density at radius 3 is 2.33 bits per heavy atom. The molecule has 0 unspecified atom stereocenters. The standard InChI is InChI=1S/C6H13N3/c7-5-3-1-2-4(5)6(8)9/h4-5H,1-3,7H2,(H3,8,9)/t4-,5+/m0/s1. The quantitative estimate of drug-likeness (QED) is 0.344. The van der Waals surface area contributed by atoms with Crippen LogP contribution in [-0.4, -0.2) is 11.9 Å². The van der Waals surface area contributed by atoms with Gasteiger partial charge in [0.2, 0.25) is 0 Å². The summed E-state index contributed by atoms with van der Waals surface area (Å²) in [5.41, 5.74) is 11.0. The highest BCUT2D eigenvalue weighted by Crippen LogP contribution is 2.23. The van der Waals surface area contributed by atoms with Crippen LogP contribution < -0.4 is 11.5 Å². The van der Waals surface area contributed by atoms with Crippen molar-refractivity contribution in [3.63, 3.8) is 0 Å². The SMILES string of the molecule is N=C(N)[C@H]1CCC[C@H]1N. The first kappa shape index (κ1) is 6.55. The molecular formula is C6H13N3. The van der Waals surface area contributed by atoms with Gasteiger partial charge in [-0.15, -0.1) is 0 Å². The number of hydrogen-bond acceptors (Lipinski definition) is 2. The Labute approximate surface area is 54.9 Å². The predicted molar refractivity (Wildman–Crippen MR) is 37.2 cm³/mol. The molecule has 1 aliphatic rings. The van der Waals surface area contributed by atoms with Gasteiger partial charge in [-0.1, -0.05) is 6.42 Å². The number of nitrogens with one attached hydrogen (secondary N) is 1. The van der Waals surface area contributed by atoms with Gasteiger partial charge in [0, 0.05) is 12.0 Å². The van der Waals surface area contributed by atoms with E-state index in [4.69, 9.17) is 16.9 Å². The van der Waals surface area contributed by atoms with Gasteiger partial charge in [-0.25, -0.2) is 0 Å². The van der Waals surface area contributed by atoms with Gasteiger partial charge in [0.1, 0.15) is 0 Å². The normalized spacial score (nSPS) is 34.8. The molecule has 2 atom stereocenters. The Balaban J connectivity index is 2.49. The van der Waals surface area contributed by atoms with Gasteiger partial charge in [-0.05, 0) is 12.8 Å². The summed E-state index contributed by atoms with van der Waals surface area (Å²) in [7, 11) is 0. The molecule has 3 nitrogen and oxygen atoms in total. The maximum atomic E-state index is 7.12. The highest BCUT2D eigenvalue weighted by Gasteiger charge is 2.25. The van der Waals surface area contributed by atoms with Crippen LogP contribution in [0.15, 0.2) is 0 Å². The molecule has 0 spiro atoms. The summed E-state index contributed by atoms with van der Waals surface area (Å²) in [6.45, 7) is 0. The lowest BCUT2D eigenvalue weighted by Gasteiger charge is -2.11. The van der Waals surface area contributed by atoms with Crippen molar-refractivity contribution in [3.05, 3.63) is 0 Å². The minimum Gasteiger partial charge on any atom is -0.387 e. The minimum absolute atomic E-state index is 0.155.